The van der Waals surface area contributed by atoms with Crippen molar-refractivity contribution in [3.63, 3.8) is 0 Å². The van der Waals surface area contributed by atoms with Crippen LogP contribution in [-0.4, -0.2) is 62.5 Å². The minimum Gasteiger partial charge on any atom is -0.497 e. The summed E-state index contributed by atoms with van der Waals surface area (Å²) in [5.41, 5.74) is 4.72. The normalized spacial score (nSPS) is 11.3. The molecule has 0 spiro atoms. The molecule has 0 amide bonds. The van der Waals surface area contributed by atoms with E-state index in [-0.39, 0.29) is 0 Å². The number of rotatable bonds is 14. The highest BCUT2D eigenvalue weighted by Gasteiger charge is 2.06. The minimum absolute atomic E-state index is 0.905. The number of benzene rings is 3. The van der Waals surface area contributed by atoms with E-state index in [1.54, 1.807) is 18.4 Å². The van der Waals surface area contributed by atoms with E-state index in [4.69, 9.17) is 9.72 Å². The number of nitrogens with one attached hydrogen (secondary N) is 2. The number of para-hydroxylation sites is 1. The molecule has 2 N–H and O–H groups in total. The molecule has 35 heavy (non-hydrogen) atoms. The number of thioether (sulfide) groups is 1. The molecule has 0 saturated heterocycles. The van der Waals surface area contributed by atoms with E-state index >= 15 is 0 Å². The van der Waals surface area contributed by atoms with Crippen LogP contribution in [0.4, 0.5) is 5.69 Å². The van der Waals surface area contributed by atoms with Crippen molar-refractivity contribution in [3.8, 4) is 16.3 Å². The van der Waals surface area contributed by atoms with Gasteiger partial charge in [0.25, 0.3) is 0 Å². The second-order valence-electron chi connectivity index (χ2n) is 8.44. The van der Waals surface area contributed by atoms with E-state index in [0.717, 1.165) is 66.2 Å². The Morgan fingerprint density at radius 3 is 2.49 bits per heavy atom. The smallest absolute Gasteiger partial charge is 0.124 e. The Labute approximate surface area is 216 Å². The third-order valence-electron chi connectivity index (χ3n) is 5.77. The number of hydrogen-bond donors (Lipinski definition) is 2. The fourth-order valence-corrected chi connectivity index (χ4v) is 5.64. The molecule has 0 saturated carbocycles. The van der Waals surface area contributed by atoms with Crippen molar-refractivity contribution in [1.29, 1.82) is 0 Å². The van der Waals surface area contributed by atoms with Crippen LogP contribution < -0.4 is 15.4 Å². The number of anilines is 1. The van der Waals surface area contributed by atoms with E-state index < -0.39 is 0 Å². The van der Waals surface area contributed by atoms with Crippen LogP contribution in [0.2, 0.25) is 0 Å². The number of fused-ring (bicyclic) bond motifs is 1. The molecule has 1 aromatic heterocycles. The molecule has 4 rings (SSSR count). The zero-order chi connectivity index (χ0) is 24.3. The van der Waals surface area contributed by atoms with Crippen LogP contribution in [0.5, 0.6) is 5.75 Å². The molecule has 0 radical (unpaired) electrons. The summed E-state index contributed by atoms with van der Waals surface area (Å²) >= 11 is 3.72. The molecule has 3 aromatic carbocycles. The first kappa shape index (κ1) is 25.5. The molecule has 7 heteroatoms. The molecule has 0 atom stereocenters. The first-order valence-electron chi connectivity index (χ1n) is 12.0. The fourth-order valence-electron chi connectivity index (χ4n) is 3.66. The summed E-state index contributed by atoms with van der Waals surface area (Å²) in [6, 6.07) is 25.2. The van der Waals surface area contributed by atoms with Crippen molar-refractivity contribution in [3.05, 3.63) is 78.4 Å². The topological polar surface area (TPSA) is 49.4 Å². The quantitative estimate of drug-likeness (QED) is 0.210. The lowest BCUT2D eigenvalue weighted by atomic mass is 10.2. The first-order chi connectivity index (χ1) is 17.2. The van der Waals surface area contributed by atoms with Gasteiger partial charge in [-0.2, -0.15) is 11.8 Å². The maximum atomic E-state index is 5.21. The Morgan fingerprint density at radius 2 is 1.71 bits per heavy atom. The Hall–Kier alpha value is -2.58. The molecular formula is C28H34N4OS2. The summed E-state index contributed by atoms with van der Waals surface area (Å²) < 4.78 is 6.44. The summed E-state index contributed by atoms with van der Waals surface area (Å²) in [6.07, 6.45) is 0. The molecule has 0 unspecified atom stereocenters. The average Bonchev–Trinajstić information content (AvgIpc) is 3.34. The van der Waals surface area contributed by atoms with Crippen LogP contribution in [-0.2, 0) is 5.75 Å². The van der Waals surface area contributed by atoms with Gasteiger partial charge in [0.2, 0.25) is 0 Å². The molecule has 0 aliphatic rings. The molecule has 0 aliphatic carbocycles. The van der Waals surface area contributed by atoms with Gasteiger partial charge in [0.1, 0.15) is 10.8 Å². The van der Waals surface area contributed by atoms with Crippen molar-refractivity contribution in [2.24, 2.45) is 0 Å². The third-order valence-corrected chi connectivity index (χ3v) is 7.87. The van der Waals surface area contributed by atoms with Crippen LogP contribution >= 0.6 is 23.1 Å². The number of thiazole rings is 1. The number of hydrogen-bond acceptors (Lipinski definition) is 7. The summed E-state index contributed by atoms with van der Waals surface area (Å²) in [5.74, 6) is 3.10. The van der Waals surface area contributed by atoms with Gasteiger partial charge in [-0.3, -0.25) is 0 Å². The Bertz CT molecular complexity index is 1130. The highest BCUT2D eigenvalue weighted by Crippen LogP contribution is 2.30. The predicted octanol–water partition coefficient (Wildman–Crippen LogP) is 5.84. The Balaban J connectivity index is 1.05. The summed E-state index contributed by atoms with van der Waals surface area (Å²) in [6.45, 7) is 5.00. The van der Waals surface area contributed by atoms with E-state index in [1.165, 1.54) is 15.8 Å². The highest BCUT2D eigenvalue weighted by molar-refractivity contribution is 7.98. The van der Waals surface area contributed by atoms with Crippen molar-refractivity contribution in [2.45, 2.75) is 5.75 Å². The van der Waals surface area contributed by atoms with Crippen molar-refractivity contribution < 1.29 is 4.74 Å². The molecule has 0 fully saturated rings. The van der Waals surface area contributed by atoms with E-state index in [1.807, 2.05) is 30.0 Å². The van der Waals surface area contributed by atoms with Gasteiger partial charge in [-0.15, -0.1) is 11.3 Å². The minimum atomic E-state index is 0.905. The lowest BCUT2D eigenvalue weighted by Gasteiger charge is -2.17. The van der Waals surface area contributed by atoms with Crippen molar-refractivity contribution >= 4 is 39.0 Å². The van der Waals surface area contributed by atoms with Gasteiger partial charge < -0.3 is 20.3 Å². The van der Waals surface area contributed by atoms with Crippen LogP contribution in [0, 0.1) is 0 Å². The van der Waals surface area contributed by atoms with Gasteiger partial charge in [-0.1, -0.05) is 24.3 Å². The van der Waals surface area contributed by atoms with Gasteiger partial charge >= 0.3 is 0 Å². The van der Waals surface area contributed by atoms with Gasteiger partial charge in [0.15, 0.2) is 0 Å². The van der Waals surface area contributed by atoms with E-state index in [0.29, 0.717) is 0 Å². The monoisotopic (exact) mass is 506 g/mol. The number of aromatic nitrogens is 1. The molecule has 0 aliphatic heterocycles. The predicted molar refractivity (Wildman–Crippen MR) is 153 cm³/mol. The van der Waals surface area contributed by atoms with Crippen molar-refractivity contribution in [2.75, 3.05) is 58.0 Å². The zero-order valence-electron chi connectivity index (χ0n) is 20.5. The number of nitrogens with zero attached hydrogens (tertiary/aromatic N) is 2. The molecular weight excluding hydrogens is 472 g/mol. The highest BCUT2D eigenvalue weighted by atomic mass is 32.2. The number of likely N-dealkylation sites (N-methyl/N-ethyl adjacent to an activating group) is 1. The van der Waals surface area contributed by atoms with Gasteiger partial charge in [0.05, 0.1) is 17.3 Å². The van der Waals surface area contributed by atoms with Gasteiger partial charge in [0, 0.05) is 55.5 Å². The SMILES string of the molecule is COc1ccc(CSCCN(C)CCNCCNc2ccc(-c3nc4ccccc4s3)cc2)cc1. The first-order valence-corrected chi connectivity index (χ1v) is 14.0. The van der Waals surface area contributed by atoms with Crippen LogP contribution in [0.25, 0.3) is 20.8 Å². The lowest BCUT2D eigenvalue weighted by molar-refractivity contribution is 0.353. The number of methoxy groups -OCH3 is 1. The van der Waals surface area contributed by atoms with Gasteiger partial charge in [-0.25, -0.2) is 4.98 Å². The van der Waals surface area contributed by atoms with Crippen LogP contribution in [0.15, 0.2) is 72.8 Å². The second kappa shape index (κ2) is 13.5. The second-order valence-corrected chi connectivity index (χ2v) is 10.6. The number of ether oxygens (including phenoxy) is 1. The summed E-state index contributed by atoms with van der Waals surface area (Å²) in [4.78, 5) is 7.14. The largest absolute Gasteiger partial charge is 0.497 e. The third kappa shape index (κ3) is 7.97. The Morgan fingerprint density at radius 1 is 0.914 bits per heavy atom. The maximum Gasteiger partial charge on any atom is 0.124 e. The summed E-state index contributed by atoms with van der Waals surface area (Å²) in [7, 11) is 3.90. The lowest BCUT2D eigenvalue weighted by Crippen LogP contribution is -2.32. The fraction of sp³-hybridized carbons (Fsp3) is 0.321. The molecule has 1 heterocycles. The molecule has 5 nitrogen and oxygen atoms in total. The van der Waals surface area contributed by atoms with Crippen molar-refractivity contribution in [1.82, 2.24) is 15.2 Å². The zero-order valence-corrected chi connectivity index (χ0v) is 22.1. The summed E-state index contributed by atoms with van der Waals surface area (Å²) in [5, 5.41) is 8.10. The van der Waals surface area contributed by atoms with E-state index in [9.17, 15) is 0 Å². The maximum absolute atomic E-state index is 5.21. The van der Waals surface area contributed by atoms with E-state index in [2.05, 4.69) is 77.2 Å². The standard InChI is InChI=1S/C28H34N4OS2/c1-32(19-20-34-21-22-7-13-25(33-2)14-8-22)18-17-29-15-16-30-24-11-9-23(10-12-24)28-31-26-5-3-4-6-27(26)35-28/h3-14,29-30H,15-21H2,1-2H3. The van der Waals surface area contributed by atoms with Crippen LogP contribution in [0.1, 0.15) is 5.56 Å². The average molecular weight is 507 g/mol. The Kier molecular flexibility index (Phi) is 9.84. The molecule has 0 bridgehead atoms. The molecule has 184 valence electrons. The van der Waals surface area contributed by atoms with Crippen LogP contribution in [0.3, 0.4) is 0 Å². The van der Waals surface area contributed by atoms with Gasteiger partial charge in [-0.05, 0) is 61.1 Å². The molecule has 4 aromatic rings.